The summed E-state index contributed by atoms with van der Waals surface area (Å²) in [6.07, 6.45) is 1.73. The van der Waals surface area contributed by atoms with Crippen LogP contribution in [0.15, 0.2) is 23.5 Å². The molecule has 0 aliphatic rings. The number of carbonyl (C=O) groups is 2. The Morgan fingerprint density at radius 2 is 2.29 bits per heavy atom. The second-order valence-electron chi connectivity index (χ2n) is 4.14. The van der Waals surface area contributed by atoms with Crippen LogP contribution in [-0.4, -0.2) is 48.9 Å². The average Bonchev–Trinajstić information content (AvgIpc) is 3.06. The largest absolute Gasteiger partial charge is 0.347 e. The number of thioether (sulfide) groups is 1. The molecule has 0 saturated heterocycles. The maximum Gasteiger partial charge on any atom is 0.274 e. The molecule has 0 saturated carbocycles. The minimum absolute atomic E-state index is 0.0428. The molecule has 112 valence electrons. The zero-order valence-electron chi connectivity index (χ0n) is 11.4. The summed E-state index contributed by atoms with van der Waals surface area (Å²) in [4.78, 5) is 23.6. The molecular formula is C11H15N7O2S. The summed E-state index contributed by atoms with van der Waals surface area (Å²) < 4.78 is 3.15. The van der Waals surface area contributed by atoms with Crippen molar-refractivity contribution in [2.24, 2.45) is 12.8 Å². The number of carbonyl (C=O) groups excluding carboxylic acids is 2. The number of imide groups is 1. The number of hydrogen-bond acceptors (Lipinski definition) is 7. The molecule has 0 bridgehead atoms. The summed E-state index contributed by atoms with van der Waals surface area (Å²) in [5.41, 5.74) is 5.84. The first-order valence-electron chi connectivity index (χ1n) is 6.16. The van der Waals surface area contributed by atoms with Gasteiger partial charge in [0.2, 0.25) is 11.1 Å². The van der Waals surface area contributed by atoms with Crippen molar-refractivity contribution in [1.29, 1.82) is 0 Å². The molecule has 10 heteroatoms. The molecule has 2 aromatic rings. The standard InChI is InChI=1S/C11H15N7O2S/c1-17-5-2-3-8(17)10(20)13-9(19)7-21-11-14-15-16-18(11)6-4-12/h2-3,5H,4,6-7,12H2,1H3,(H,13,19,20). The Hall–Kier alpha value is -2.20. The zero-order chi connectivity index (χ0) is 15.2. The number of hydrogen-bond donors (Lipinski definition) is 2. The van der Waals surface area contributed by atoms with Gasteiger partial charge in [0.15, 0.2) is 0 Å². The van der Waals surface area contributed by atoms with Crippen molar-refractivity contribution >= 4 is 23.6 Å². The summed E-state index contributed by atoms with van der Waals surface area (Å²) in [5, 5.41) is 13.9. The molecule has 21 heavy (non-hydrogen) atoms. The molecule has 9 nitrogen and oxygen atoms in total. The molecule has 0 unspecified atom stereocenters. The fraction of sp³-hybridized carbons (Fsp3) is 0.364. The van der Waals surface area contributed by atoms with E-state index in [1.165, 1.54) is 4.68 Å². The van der Waals surface area contributed by atoms with Gasteiger partial charge in [-0.15, -0.1) is 5.10 Å². The zero-order valence-corrected chi connectivity index (χ0v) is 12.2. The van der Waals surface area contributed by atoms with E-state index in [0.717, 1.165) is 11.8 Å². The van der Waals surface area contributed by atoms with Gasteiger partial charge in [-0.05, 0) is 22.6 Å². The van der Waals surface area contributed by atoms with E-state index in [9.17, 15) is 9.59 Å². The molecule has 3 N–H and O–H groups in total. The maximum atomic E-state index is 11.8. The van der Waals surface area contributed by atoms with Crippen molar-refractivity contribution in [3.63, 3.8) is 0 Å². The van der Waals surface area contributed by atoms with Gasteiger partial charge in [-0.25, -0.2) is 4.68 Å². The van der Waals surface area contributed by atoms with E-state index in [2.05, 4.69) is 20.8 Å². The van der Waals surface area contributed by atoms with Crippen molar-refractivity contribution in [1.82, 2.24) is 30.1 Å². The summed E-state index contributed by atoms with van der Waals surface area (Å²) in [6.45, 7) is 0.871. The van der Waals surface area contributed by atoms with Gasteiger partial charge in [0.1, 0.15) is 5.69 Å². The van der Waals surface area contributed by atoms with Crippen LogP contribution in [0.3, 0.4) is 0 Å². The third-order valence-corrected chi connectivity index (χ3v) is 3.56. The maximum absolute atomic E-state index is 11.8. The Balaban J connectivity index is 1.86. The van der Waals surface area contributed by atoms with Crippen LogP contribution in [0.4, 0.5) is 0 Å². The van der Waals surface area contributed by atoms with Crippen molar-refractivity contribution in [3.05, 3.63) is 24.0 Å². The molecule has 2 amide bonds. The van der Waals surface area contributed by atoms with Gasteiger partial charge in [-0.3, -0.25) is 14.9 Å². The Morgan fingerprint density at radius 1 is 1.48 bits per heavy atom. The smallest absolute Gasteiger partial charge is 0.274 e. The van der Waals surface area contributed by atoms with Gasteiger partial charge < -0.3 is 10.3 Å². The van der Waals surface area contributed by atoms with Gasteiger partial charge in [-0.1, -0.05) is 11.8 Å². The number of rotatable bonds is 6. The van der Waals surface area contributed by atoms with Gasteiger partial charge >= 0.3 is 0 Å². The number of nitrogens with one attached hydrogen (secondary N) is 1. The van der Waals surface area contributed by atoms with Crippen LogP contribution < -0.4 is 11.1 Å². The summed E-state index contributed by atoms with van der Waals surface area (Å²) in [5.74, 6) is -0.802. The molecule has 0 atom stereocenters. The van der Waals surface area contributed by atoms with E-state index in [-0.39, 0.29) is 5.75 Å². The highest BCUT2D eigenvalue weighted by Gasteiger charge is 2.14. The topological polar surface area (TPSA) is 121 Å². The van der Waals surface area contributed by atoms with Crippen molar-refractivity contribution in [2.45, 2.75) is 11.7 Å². The van der Waals surface area contributed by atoms with Crippen LogP contribution in [0.25, 0.3) is 0 Å². The van der Waals surface area contributed by atoms with Gasteiger partial charge in [0.05, 0.1) is 12.3 Å². The number of nitrogens with two attached hydrogens (primary N) is 1. The first-order chi connectivity index (χ1) is 10.1. The second kappa shape index (κ2) is 6.99. The Morgan fingerprint density at radius 3 is 2.95 bits per heavy atom. The minimum atomic E-state index is -0.436. The Kier molecular flexibility index (Phi) is 5.06. The lowest BCUT2D eigenvalue weighted by atomic mass is 10.4. The predicted molar refractivity (Wildman–Crippen MR) is 75.5 cm³/mol. The first-order valence-corrected chi connectivity index (χ1v) is 7.15. The predicted octanol–water partition coefficient (Wildman–Crippen LogP) is -0.981. The van der Waals surface area contributed by atoms with E-state index in [1.807, 2.05) is 0 Å². The van der Waals surface area contributed by atoms with E-state index < -0.39 is 11.8 Å². The normalized spacial score (nSPS) is 10.6. The highest BCUT2D eigenvalue weighted by atomic mass is 32.2. The number of amides is 2. The van der Waals surface area contributed by atoms with Gasteiger partial charge in [-0.2, -0.15) is 0 Å². The lowest BCUT2D eigenvalue weighted by molar-refractivity contribution is -0.117. The lowest BCUT2D eigenvalue weighted by Gasteiger charge is -2.05. The monoisotopic (exact) mass is 309 g/mol. The highest BCUT2D eigenvalue weighted by molar-refractivity contribution is 7.99. The van der Waals surface area contributed by atoms with Crippen molar-refractivity contribution in [2.75, 3.05) is 12.3 Å². The third kappa shape index (κ3) is 3.89. The highest BCUT2D eigenvalue weighted by Crippen LogP contribution is 2.12. The number of aromatic nitrogens is 5. The number of nitrogens with zero attached hydrogens (tertiary/aromatic N) is 5. The summed E-state index contributed by atoms with van der Waals surface area (Å²) >= 11 is 1.15. The fourth-order valence-corrected chi connectivity index (χ4v) is 2.32. The Labute approximate surface area is 124 Å². The van der Waals surface area contributed by atoms with E-state index in [0.29, 0.717) is 23.9 Å². The number of aryl methyl sites for hydroxylation is 1. The fourth-order valence-electron chi connectivity index (χ4n) is 1.62. The van der Waals surface area contributed by atoms with Crippen LogP contribution in [-0.2, 0) is 18.4 Å². The molecule has 0 aliphatic carbocycles. The second-order valence-corrected chi connectivity index (χ2v) is 5.09. The minimum Gasteiger partial charge on any atom is -0.347 e. The van der Waals surface area contributed by atoms with E-state index >= 15 is 0 Å². The average molecular weight is 309 g/mol. The van der Waals surface area contributed by atoms with Crippen molar-refractivity contribution in [3.8, 4) is 0 Å². The van der Waals surface area contributed by atoms with E-state index in [1.54, 1.807) is 29.9 Å². The molecule has 0 aromatic carbocycles. The molecule has 0 fully saturated rings. The molecule has 0 radical (unpaired) electrons. The van der Waals surface area contributed by atoms with E-state index in [4.69, 9.17) is 5.73 Å². The number of tetrazole rings is 1. The van der Waals surface area contributed by atoms with Crippen LogP contribution in [0.5, 0.6) is 0 Å². The van der Waals surface area contributed by atoms with Crippen LogP contribution >= 0.6 is 11.8 Å². The van der Waals surface area contributed by atoms with Crippen LogP contribution in [0.2, 0.25) is 0 Å². The van der Waals surface area contributed by atoms with Gasteiger partial charge in [0.25, 0.3) is 5.91 Å². The quantitative estimate of drug-likeness (QED) is 0.658. The van der Waals surface area contributed by atoms with Gasteiger partial charge in [0, 0.05) is 19.8 Å². The molecule has 2 rings (SSSR count). The summed E-state index contributed by atoms with van der Waals surface area (Å²) in [6, 6.07) is 3.37. The van der Waals surface area contributed by atoms with Crippen LogP contribution in [0, 0.1) is 0 Å². The Bertz CT molecular complexity index is 636. The third-order valence-electron chi connectivity index (χ3n) is 2.60. The molecule has 0 spiro atoms. The molecular weight excluding hydrogens is 294 g/mol. The first kappa shape index (κ1) is 15.2. The van der Waals surface area contributed by atoms with Crippen molar-refractivity contribution < 1.29 is 9.59 Å². The SMILES string of the molecule is Cn1cccc1C(=O)NC(=O)CSc1nnnn1CCN. The lowest BCUT2D eigenvalue weighted by Crippen LogP contribution is -2.33. The molecule has 2 aromatic heterocycles. The molecule has 2 heterocycles. The van der Waals surface area contributed by atoms with Crippen LogP contribution in [0.1, 0.15) is 10.5 Å². The molecule has 0 aliphatic heterocycles. The summed E-state index contributed by atoms with van der Waals surface area (Å²) in [7, 11) is 1.73.